The molecule has 0 nitrogen and oxygen atoms in total. The topological polar surface area (TPSA) is 0 Å². The summed E-state index contributed by atoms with van der Waals surface area (Å²) in [5.74, 6) is 0. The Morgan fingerprint density at radius 2 is 1.56 bits per heavy atom. The fraction of sp³-hybridized carbons (Fsp3) is 0.333. The molecule has 0 amide bonds. The monoisotopic (exact) mass is 184 g/mol. The van der Waals surface area contributed by atoms with E-state index in [-0.39, 0.29) is 0 Å². The van der Waals surface area contributed by atoms with Gasteiger partial charge in [-0.05, 0) is 19.9 Å². The predicted molar refractivity (Wildman–Crippen MR) is 44.0 cm³/mol. The molecule has 0 unspecified atom stereocenters. The summed E-state index contributed by atoms with van der Waals surface area (Å²) >= 11 is 16.6. The van der Waals surface area contributed by atoms with Gasteiger partial charge in [-0.1, -0.05) is 34.8 Å². The van der Waals surface area contributed by atoms with Gasteiger partial charge in [-0.3, -0.25) is 0 Å². The molecule has 0 rings (SSSR count). The Hall–Kier alpha value is 0.350. The van der Waals surface area contributed by atoms with Crippen molar-refractivity contribution in [1.82, 2.24) is 0 Å². The molecule has 0 spiro atoms. The van der Waals surface area contributed by atoms with Crippen LogP contribution >= 0.6 is 34.8 Å². The first kappa shape index (κ1) is 9.35. The Balaban J connectivity index is 4.25. The van der Waals surface area contributed by atoms with Gasteiger partial charge in [0.05, 0.1) is 5.03 Å². The first-order valence-corrected chi connectivity index (χ1v) is 3.53. The van der Waals surface area contributed by atoms with E-state index in [1.165, 1.54) is 0 Å². The molecule has 0 aromatic carbocycles. The molecule has 0 atom stereocenters. The third-order valence-electron chi connectivity index (χ3n) is 0.655. The van der Waals surface area contributed by atoms with Crippen LogP contribution in [0.25, 0.3) is 0 Å². The van der Waals surface area contributed by atoms with Crippen LogP contribution in [-0.4, -0.2) is 0 Å². The van der Waals surface area contributed by atoms with Gasteiger partial charge in [-0.15, -0.1) is 0 Å². The third kappa shape index (κ3) is 4.83. The maximum atomic E-state index is 5.60. The quantitative estimate of drug-likeness (QED) is 0.545. The normalized spacial score (nSPS) is 15.4. The molecule has 0 bridgehead atoms. The smallest absolute Gasteiger partial charge is 0.0559 e. The summed E-state index contributed by atoms with van der Waals surface area (Å²) in [6.07, 6.45) is 1.60. The summed E-state index contributed by atoms with van der Waals surface area (Å²) in [6.45, 7) is 3.45. The molecule has 0 saturated heterocycles. The van der Waals surface area contributed by atoms with Crippen LogP contribution in [0.5, 0.6) is 0 Å². The van der Waals surface area contributed by atoms with Crippen LogP contribution in [0.1, 0.15) is 13.8 Å². The highest BCUT2D eigenvalue weighted by atomic mass is 35.5. The average Bonchev–Trinajstić information content (AvgIpc) is 1.63. The predicted octanol–water partition coefficient (Wildman–Crippen LogP) is 3.84. The first-order chi connectivity index (χ1) is 4.04. The van der Waals surface area contributed by atoms with Gasteiger partial charge in [0.25, 0.3) is 0 Å². The number of hydrogen-bond donors (Lipinski definition) is 0. The van der Waals surface area contributed by atoms with Crippen LogP contribution in [0, 0.1) is 0 Å². The molecule has 0 heterocycles. The summed E-state index contributed by atoms with van der Waals surface area (Å²) in [4.78, 5) is 0. The third-order valence-corrected chi connectivity index (χ3v) is 1.46. The van der Waals surface area contributed by atoms with Crippen molar-refractivity contribution in [2.75, 3.05) is 0 Å². The van der Waals surface area contributed by atoms with Gasteiger partial charge in [0, 0.05) is 10.1 Å². The van der Waals surface area contributed by atoms with Crippen molar-refractivity contribution in [3.63, 3.8) is 0 Å². The van der Waals surface area contributed by atoms with Gasteiger partial charge < -0.3 is 0 Å². The molecule has 0 saturated carbocycles. The first-order valence-electron chi connectivity index (χ1n) is 2.39. The molecule has 9 heavy (non-hydrogen) atoms. The lowest BCUT2D eigenvalue weighted by Crippen LogP contribution is -1.67. The highest BCUT2D eigenvalue weighted by molar-refractivity contribution is 6.40. The summed E-state index contributed by atoms with van der Waals surface area (Å²) in [5.41, 5.74) is 0. The van der Waals surface area contributed by atoms with E-state index in [0.717, 1.165) is 0 Å². The van der Waals surface area contributed by atoms with Crippen LogP contribution in [-0.2, 0) is 0 Å². The van der Waals surface area contributed by atoms with E-state index < -0.39 is 0 Å². The Kier molecular flexibility index (Phi) is 4.37. The van der Waals surface area contributed by atoms with E-state index in [4.69, 9.17) is 34.8 Å². The van der Waals surface area contributed by atoms with Crippen molar-refractivity contribution >= 4 is 34.8 Å². The molecule has 0 fully saturated rings. The zero-order valence-corrected chi connectivity index (χ0v) is 7.48. The maximum absolute atomic E-state index is 5.60. The lowest BCUT2D eigenvalue weighted by atomic mass is 10.4. The molecule has 0 aliphatic rings. The minimum atomic E-state index is 0.490. The second kappa shape index (κ2) is 4.21. The number of rotatable bonds is 1. The molecule has 0 aromatic heterocycles. The molecule has 0 aromatic rings. The van der Waals surface area contributed by atoms with Gasteiger partial charge in [-0.2, -0.15) is 0 Å². The Morgan fingerprint density at radius 1 is 1.11 bits per heavy atom. The maximum Gasteiger partial charge on any atom is 0.0559 e. The standard InChI is InChI=1S/C6H7Cl3/c1-4(7)3-6(9)5(2)8/h3H,1-2H3/b4-3+,6-5-. The molecular formula is C6H7Cl3. The Labute approximate surface area is 70.1 Å². The molecule has 52 valence electrons. The Bertz CT molecular complexity index is 148. The largest absolute Gasteiger partial charge is 0.0894 e. The molecule has 0 radical (unpaired) electrons. The van der Waals surface area contributed by atoms with Crippen molar-refractivity contribution in [2.45, 2.75) is 13.8 Å². The SMILES string of the molecule is C/C(Cl)=C(Cl)\C=C(/C)Cl. The zero-order chi connectivity index (χ0) is 7.44. The van der Waals surface area contributed by atoms with E-state index in [1.54, 1.807) is 19.9 Å². The fourth-order valence-corrected chi connectivity index (χ4v) is 0.657. The van der Waals surface area contributed by atoms with E-state index in [0.29, 0.717) is 15.1 Å². The second-order valence-corrected chi connectivity index (χ2v) is 3.18. The van der Waals surface area contributed by atoms with Gasteiger partial charge in [0.15, 0.2) is 0 Å². The lowest BCUT2D eigenvalue weighted by Gasteiger charge is -1.89. The van der Waals surface area contributed by atoms with Crippen molar-refractivity contribution in [3.8, 4) is 0 Å². The molecular weight excluding hydrogens is 178 g/mol. The van der Waals surface area contributed by atoms with Gasteiger partial charge in [0.2, 0.25) is 0 Å². The van der Waals surface area contributed by atoms with Crippen LogP contribution in [0.15, 0.2) is 21.2 Å². The summed E-state index contributed by atoms with van der Waals surface area (Å²) < 4.78 is 0. The molecule has 0 aliphatic heterocycles. The van der Waals surface area contributed by atoms with Gasteiger partial charge >= 0.3 is 0 Å². The van der Waals surface area contributed by atoms with E-state index in [1.807, 2.05) is 0 Å². The molecule has 0 aliphatic carbocycles. The van der Waals surface area contributed by atoms with Gasteiger partial charge in [0.1, 0.15) is 0 Å². The zero-order valence-electron chi connectivity index (χ0n) is 5.21. The number of hydrogen-bond acceptors (Lipinski definition) is 0. The molecule has 3 heteroatoms. The highest BCUT2D eigenvalue weighted by Gasteiger charge is 1.90. The van der Waals surface area contributed by atoms with Gasteiger partial charge in [-0.25, -0.2) is 0 Å². The van der Waals surface area contributed by atoms with E-state index in [9.17, 15) is 0 Å². The summed E-state index contributed by atoms with van der Waals surface area (Å²) in [6, 6.07) is 0. The number of halogens is 3. The second-order valence-electron chi connectivity index (χ2n) is 1.61. The van der Waals surface area contributed by atoms with Crippen LogP contribution in [0.3, 0.4) is 0 Å². The average molecular weight is 185 g/mol. The van der Waals surface area contributed by atoms with Crippen molar-refractivity contribution in [1.29, 1.82) is 0 Å². The van der Waals surface area contributed by atoms with Crippen LogP contribution < -0.4 is 0 Å². The van der Waals surface area contributed by atoms with Crippen LogP contribution in [0.4, 0.5) is 0 Å². The minimum absolute atomic E-state index is 0.490. The highest BCUT2D eigenvalue weighted by Crippen LogP contribution is 2.16. The summed E-state index contributed by atoms with van der Waals surface area (Å²) in [7, 11) is 0. The fourth-order valence-electron chi connectivity index (χ4n) is 0.274. The van der Waals surface area contributed by atoms with E-state index in [2.05, 4.69) is 0 Å². The number of allylic oxidation sites excluding steroid dienone is 4. The lowest BCUT2D eigenvalue weighted by molar-refractivity contribution is 1.58. The van der Waals surface area contributed by atoms with Crippen LogP contribution in [0.2, 0.25) is 0 Å². The van der Waals surface area contributed by atoms with Crippen molar-refractivity contribution < 1.29 is 0 Å². The van der Waals surface area contributed by atoms with Crippen molar-refractivity contribution in [2.24, 2.45) is 0 Å². The summed E-state index contributed by atoms with van der Waals surface area (Å²) in [5, 5.41) is 1.67. The minimum Gasteiger partial charge on any atom is -0.0894 e. The van der Waals surface area contributed by atoms with E-state index >= 15 is 0 Å². The molecule has 0 N–H and O–H groups in total. The van der Waals surface area contributed by atoms with Crippen molar-refractivity contribution in [3.05, 3.63) is 21.2 Å². The Morgan fingerprint density at radius 3 is 1.67 bits per heavy atom.